The van der Waals surface area contributed by atoms with Crippen LogP contribution in [0.3, 0.4) is 0 Å². The first-order chi connectivity index (χ1) is 13.1. The van der Waals surface area contributed by atoms with Gasteiger partial charge in [0.2, 0.25) is 5.91 Å². The number of benzene rings is 2. The molecule has 5 nitrogen and oxygen atoms in total. The molecule has 5 heteroatoms. The summed E-state index contributed by atoms with van der Waals surface area (Å²) in [4.78, 5) is 26.0. The highest BCUT2D eigenvalue weighted by molar-refractivity contribution is 6.03. The van der Waals surface area contributed by atoms with Crippen molar-refractivity contribution in [1.29, 1.82) is 0 Å². The molecule has 3 rings (SSSR count). The average Bonchev–Trinajstić information content (AvgIpc) is 2.68. The lowest BCUT2D eigenvalue weighted by molar-refractivity contribution is -0.117. The molecule has 0 aromatic heterocycles. The number of amides is 2. The van der Waals surface area contributed by atoms with Crippen molar-refractivity contribution in [3.8, 4) is 0 Å². The van der Waals surface area contributed by atoms with Gasteiger partial charge < -0.3 is 11.1 Å². The number of nitrogens with two attached hydrogens (primary N) is 1. The van der Waals surface area contributed by atoms with Gasteiger partial charge in [0.15, 0.2) is 0 Å². The van der Waals surface area contributed by atoms with E-state index in [-0.39, 0.29) is 5.91 Å². The zero-order valence-corrected chi connectivity index (χ0v) is 15.6. The van der Waals surface area contributed by atoms with Gasteiger partial charge in [-0.2, -0.15) is 0 Å². The molecule has 1 aliphatic rings. The van der Waals surface area contributed by atoms with Crippen LogP contribution in [0.25, 0.3) is 0 Å². The Bertz CT molecular complexity index is 768. The zero-order chi connectivity index (χ0) is 19.1. The molecule has 0 spiro atoms. The number of carbonyl (C=O) groups is 2. The molecular weight excluding hydrogens is 338 g/mol. The number of nitrogens with one attached hydrogen (secondary N) is 1. The number of likely N-dealkylation sites (tertiary alicyclic amines) is 1. The standard InChI is InChI=1S/C22H27N3O2/c23-22(27)19-8-4-5-9-20(19)24-21(26)16-25-14-12-18(13-15-25)11-10-17-6-2-1-3-7-17/h1-9,18H,10-16H2,(H2,23,27)(H,24,26). The fourth-order valence-electron chi connectivity index (χ4n) is 3.65. The summed E-state index contributed by atoms with van der Waals surface area (Å²) >= 11 is 0. The Hall–Kier alpha value is -2.66. The van der Waals surface area contributed by atoms with E-state index >= 15 is 0 Å². The first-order valence-electron chi connectivity index (χ1n) is 9.57. The fourth-order valence-corrected chi connectivity index (χ4v) is 3.65. The van der Waals surface area contributed by atoms with E-state index in [0.717, 1.165) is 38.3 Å². The van der Waals surface area contributed by atoms with E-state index in [1.807, 2.05) is 0 Å². The number of para-hydroxylation sites is 1. The van der Waals surface area contributed by atoms with Crippen LogP contribution < -0.4 is 11.1 Å². The Morgan fingerprint density at radius 2 is 1.67 bits per heavy atom. The lowest BCUT2D eigenvalue weighted by Gasteiger charge is -2.31. The highest BCUT2D eigenvalue weighted by atomic mass is 16.2. The van der Waals surface area contributed by atoms with E-state index in [4.69, 9.17) is 5.73 Å². The maximum atomic E-state index is 12.3. The third-order valence-corrected chi connectivity index (χ3v) is 5.23. The van der Waals surface area contributed by atoms with Crippen molar-refractivity contribution in [2.24, 2.45) is 11.7 Å². The molecule has 3 N–H and O–H groups in total. The summed E-state index contributed by atoms with van der Waals surface area (Å²) in [5, 5.41) is 2.82. The van der Waals surface area contributed by atoms with Gasteiger partial charge in [0.1, 0.15) is 0 Å². The van der Waals surface area contributed by atoms with E-state index in [9.17, 15) is 9.59 Å². The molecule has 0 unspecified atom stereocenters. The van der Waals surface area contributed by atoms with Gasteiger partial charge in [-0.1, -0.05) is 42.5 Å². The second-order valence-corrected chi connectivity index (χ2v) is 7.20. The molecule has 142 valence electrons. The topological polar surface area (TPSA) is 75.4 Å². The summed E-state index contributed by atoms with van der Waals surface area (Å²) in [6.45, 7) is 2.22. The van der Waals surface area contributed by atoms with Gasteiger partial charge in [-0.05, 0) is 62.4 Å². The molecule has 0 saturated carbocycles. The summed E-state index contributed by atoms with van der Waals surface area (Å²) in [5.74, 6) is 0.0803. The quantitative estimate of drug-likeness (QED) is 0.792. The van der Waals surface area contributed by atoms with Crippen molar-refractivity contribution in [2.45, 2.75) is 25.7 Å². The van der Waals surface area contributed by atoms with Crippen LogP contribution in [0.5, 0.6) is 0 Å². The van der Waals surface area contributed by atoms with Gasteiger partial charge in [-0.15, -0.1) is 0 Å². The van der Waals surface area contributed by atoms with E-state index in [2.05, 4.69) is 40.5 Å². The second kappa shape index (κ2) is 9.33. The molecule has 1 heterocycles. The van der Waals surface area contributed by atoms with Crippen LogP contribution in [-0.2, 0) is 11.2 Å². The molecule has 0 bridgehead atoms. The SMILES string of the molecule is NC(=O)c1ccccc1NC(=O)CN1CCC(CCc2ccccc2)CC1. The summed E-state index contributed by atoms with van der Waals surface area (Å²) in [6.07, 6.45) is 4.57. The second-order valence-electron chi connectivity index (χ2n) is 7.20. The molecule has 1 aliphatic heterocycles. The van der Waals surface area contributed by atoms with Gasteiger partial charge in [0.25, 0.3) is 5.91 Å². The Morgan fingerprint density at radius 3 is 2.37 bits per heavy atom. The molecule has 2 aromatic carbocycles. The summed E-state index contributed by atoms with van der Waals surface area (Å²) < 4.78 is 0. The number of primary amides is 1. The van der Waals surface area contributed by atoms with E-state index in [0.29, 0.717) is 17.8 Å². The molecule has 0 radical (unpaired) electrons. The molecule has 2 aromatic rings. The minimum absolute atomic E-state index is 0.105. The number of aryl methyl sites for hydroxylation is 1. The van der Waals surface area contributed by atoms with Crippen molar-refractivity contribution in [1.82, 2.24) is 4.90 Å². The van der Waals surface area contributed by atoms with E-state index in [1.54, 1.807) is 24.3 Å². The summed E-state index contributed by atoms with van der Waals surface area (Å²) in [5.41, 5.74) is 7.57. The Morgan fingerprint density at radius 1 is 1.00 bits per heavy atom. The van der Waals surface area contributed by atoms with Gasteiger partial charge in [0, 0.05) is 0 Å². The largest absolute Gasteiger partial charge is 0.366 e. The van der Waals surface area contributed by atoms with Gasteiger partial charge in [-0.3, -0.25) is 14.5 Å². The molecule has 0 aliphatic carbocycles. The third kappa shape index (κ3) is 5.66. The number of hydrogen-bond acceptors (Lipinski definition) is 3. The van der Waals surface area contributed by atoms with Gasteiger partial charge in [0.05, 0.1) is 17.8 Å². The first kappa shape index (κ1) is 19.1. The van der Waals surface area contributed by atoms with E-state index in [1.165, 1.54) is 12.0 Å². The number of piperidine rings is 1. The van der Waals surface area contributed by atoms with Crippen molar-refractivity contribution in [3.05, 3.63) is 65.7 Å². The predicted octanol–water partition coefficient (Wildman–Crippen LogP) is 3.07. The molecule has 1 saturated heterocycles. The maximum Gasteiger partial charge on any atom is 0.250 e. The van der Waals surface area contributed by atoms with Crippen LogP contribution in [0, 0.1) is 5.92 Å². The number of rotatable bonds is 7. The molecule has 27 heavy (non-hydrogen) atoms. The number of carbonyl (C=O) groups excluding carboxylic acids is 2. The van der Waals surface area contributed by atoms with Crippen LogP contribution in [-0.4, -0.2) is 36.3 Å². The van der Waals surface area contributed by atoms with E-state index < -0.39 is 5.91 Å². The molecular formula is C22H27N3O2. The maximum absolute atomic E-state index is 12.3. The van der Waals surface area contributed by atoms with Crippen molar-refractivity contribution < 1.29 is 9.59 Å². The van der Waals surface area contributed by atoms with Crippen LogP contribution >= 0.6 is 0 Å². The molecule has 0 atom stereocenters. The zero-order valence-electron chi connectivity index (χ0n) is 15.6. The predicted molar refractivity (Wildman–Crippen MR) is 108 cm³/mol. The van der Waals surface area contributed by atoms with Crippen molar-refractivity contribution in [3.63, 3.8) is 0 Å². The van der Waals surface area contributed by atoms with Crippen LogP contribution in [0.4, 0.5) is 5.69 Å². The van der Waals surface area contributed by atoms with Crippen LogP contribution in [0.1, 0.15) is 35.2 Å². The molecule has 1 fully saturated rings. The number of anilines is 1. The van der Waals surface area contributed by atoms with Crippen molar-refractivity contribution >= 4 is 17.5 Å². The summed E-state index contributed by atoms with van der Waals surface area (Å²) in [6, 6.07) is 17.4. The first-order valence-corrected chi connectivity index (χ1v) is 9.57. The minimum Gasteiger partial charge on any atom is -0.366 e. The summed E-state index contributed by atoms with van der Waals surface area (Å²) in [7, 11) is 0. The Balaban J connectivity index is 1.42. The monoisotopic (exact) mass is 365 g/mol. The smallest absolute Gasteiger partial charge is 0.250 e. The highest BCUT2D eigenvalue weighted by Gasteiger charge is 2.21. The lowest BCUT2D eigenvalue weighted by atomic mass is 9.90. The fraction of sp³-hybridized carbons (Fsp3) is 0.364. The van der Waals surface area contributed by atoms with Crippen LogP contribution in [0.15, 0.2) is 54.6 Å². The van der Waals surface area contributed by atoms with Crippen molar-refractivity contribution in [2.75, 3.05) is 25.0 Å². The minimum atomic E-state index is -0.537. The number of hydrogen-bond donors (Lipinski definition) is 2. The highest BCUT2D eigenvalue weighted by Crippen LogP contribution is 2.22. The third-order valence-electron chi connectivity index (χ3n) is 5.23. The van der Waals surface area contributed by atoms with Crippen LogP contribution in [0.2, 0.25) is 0 Å². The Labute approximate surface area is 160 Å². The number of nitrogens with zero attached hydrogens (tertiary/aromatic N) is 1. The Kier molecular flexibility index (Phi) is 6.60. The van der Waals surface area contributed by atoms with Gasteiger partial charge >= 0.3 is 0 Å². The van der Waals surface area contributed by atoms with Gasteiger partial charge in [-0.25, -0.2) is 0 Å². The lowest BCUT2D eigenvalue weighted by Crippen LogP contribution is -2.39. The molecule has 2 amide bonds. The average molecular weight is 365 g/mol. The normalized spacial score (nSPS) is 15.4.